The zero-order valence-electron chi connectivity index (χ0n) is 13.7. The third kappa shape index (κ3) is 3.76. The van der Waals surface area contributed by atoms with E-state index in [1.807, 2.05) is 24.3 Å². The molecule has 4 aromatic rings. The maximum Gasteiger partial charge on any atom is 0.255 e. The molecular formula is C20H12Cl2N2O2S. The van der Waals surface area contributed by atoms with Gasteiger partial charge in [0.15, 0.2) is 0 Å². The molecule has 1 amide bonds. The summed E-state index contributed by atoms with van der Waals surface area (Å²) in [5.41, 5.74) is 2.29. The smallest absolute Gasteiger partial charge is 0.255 e. The first-order valence-corrected chi connectivity index (χ1v) is 9.53. The van der Waals surface area contributed by atoms with Gasteiger partial charge in [0, 0.05) is 21.3 Å². The summed E-state index contributed by atoms with van der Waals surface area (Å²) in [5, 5.41) is 14.5. The van der Waals surface area contributed by atoms with E-state index >= 15 is 0 Å². The molecule has 0 spiro atoms. The molecule has 0 fully saturated rings. The number of phenolic OH excluding ortho intramolecular Hbond substituents is 1. The van der Waals surface area contributed by atoms with Gasteiger partial charge >= 0.3 is 0 Å². The van der Waals surface area contributed by atoms with Crippen LogP contribution in [0.15, 0.2) is 60.7 Å². The highest BCUT2D eigenvalue weighted by atomic mass is 35.5. The number of halogens is 2. The fourth-order valence-electron chi connectivity index (χ4n) is 2.66. The van der Waals surface area contributed by atoms with Crippen molar-refractivity contribution in [3.8, 4) is 16.3 Å². The SMILES string of the molecule is O=C(Nc1ccc(O)c(-c2nc3ccccc3s2)c1)c1cc(Cl)cc(Cl)c1. The van der Waals surface area contributed by atoms with Crippen LogP contribution in [0.1, 0.15) is 10.4 Å². The monoisotopic (exact) mass is 414 g/mol. The van der Waals surface area contributed by atoms with Gasteiger partial charge in [-0.1, -0.05) is 35.3 Å². The Hall–Kier alpha value is -2.60. The first-order chi connectivity index (χ1) is 13.0. The molecule has 0 aliphatic rings. The number of thiazole rings is 1. The van der Waals surface area contributed by atoms with Crippen molar-refractivity contribution in [2.24, 2.45) is 0 Å². The molecule has 27 heavy (non-hydrogen) atoms. The van der Waals surface area contributed by atoms with E-state index in [2.05, 4.69) is 10.3 Å². The second kappa shape index (κ2) is 7.19. The van der Waals surface area contributed by atoms with Crippen LogP contribution in [0.3, 0.4) is 0 Å². The Morgan fingerprint density at radius 3 is 2.48 bits per heavy atom. The molecule has 0 saturated carbocycles. The maximum absolute atomic E-state index is 12.5. The van der Waals surface area contributed by atoms with Gasteiger partial charge in [0.25, 0.3) is 5.91 Å². The van der Waals surface area contributed by atoms with Crippen LogP contribution in [-0.4, -0.2) is 16.0 Å². The topological polar surface area (TPSA) is 62.2 Å². The average Bonchev–Trinajstić information content (AvgIpc) is 3.06. The summed E-state index contributed by atoms with van der Waals surface area (Å²) in [6, 6.07) is 17.2. The number of carbonyl (C=O) groups excluding carboxylic acids is 1. The fraction of sp³-hybridized carbons (Fsp3) is 0. The van der Waals surface area contributed by atoms with E-state index in [-0.39, 0.29) is 11.7 Å². The molecule has 134 valence electrons. The van der Waals surface area contributed by atoms with Crippen molar-refractivity contribution in [1.82, 2.24) is 4.98 Å². The molecule has 1 heterocycles. The van der Waals surface area contributed by atoms with Gasteiger partial charge in [0.05, 0.1) is 15.8 Å². The van der Waals surface area contributed by atoms with Gasteiger partial charge in [-0.05, 0) is 48.5 Å². The van der Waals surface area contributed by atoms with Crippen molar-refractivity contribution in [3.05, 3.63) is 76.3 Å². The van der Waals surface area contributed by atoms with E-state index < -0.39 is 0 Å². The number of nitrogens with one attached hydrogen (secondary N) is 1. The summed E-state index contributed by atoms with van der Waals surface area (Å²) < 4.78 is 1.02. The maximum atomic E-state index is 12.5. The van der Waals surface area contributed by atoms with Gasteiger partial charge in [-0.3, -0.25) is 4.79 Å². The summed E-state index contributed by atoms with van der Waals surface area (Å²) in [6.07, 6.45) is 0. The van der Waals surface area contributed by atoms with Crippen molar-refractivity contribution in [1.29, 1.82) is 0 Å². The zero-order chi connectivity index (χ0) is 19.0. The number of phenols is 1. The fourth-order valence-corrected chi connectivity index (χ4v) is 4.18. The normalized spacial score (nSPS) is 10.9. The lowest BCUT2D eigenvalue weighted by molar-refractivity contribution is 0.102. The highest BCUT2D eigenvalue weighted by molar-refractivity contribution is 7.21. The van der Waals surface area contributed by atoms with E-state index in [0.29, 0.717) is 31.9 Å². The Balaban J connectivity index is 1.66. The van der Waals surface area contributed by atoms with Gasteiger partial charge in [-0.25, -0.2) is 4.98 Å². The average molecular weight is 415 g/mol. The number of amides is 1. The Morgan fingerprint density at radius 1 is 1.00 bits per heavy atom. The van der Waals surface area contributed by atoms with Crippen LogP contribution in [0, 0.1) is 0 Å². The number of carbonyl (C=O) groups is 1. The van der Waals surface area contributed by atoms with Gasteiger partial charge < -0.3 is 10.4 Å². The van der Waals surface area contributed by atoms with Crippen LogP contribution in [0.4, 0.5) is 5.69 Å². The van der Waals surface area contributed by atoms with Crippen molar-refractivity contribution in [3.63, 3.8) is 0 Å². The number of hydrogen-bond acceptors (Lipinski definition) is 4. The predicted octanol–water partition coefficient (Wildman–Crippen LogP) is 6.23. The Bertz CT molecular complexity index is 1120. The largest absolute Gasteiger partial charge is 0.507 e. The highest BCUT2D eigenvalue weighted by Gasteiger charge is 2.13. The number of nitrogens with zero attached hydrogens (tertiary/aromatic N) is 1. The van der Waals surface area contributed by atoms with E-state index in [9.17, 15) is 9.90 Å². The van der Waals surface area contributed by atoms with Gasteiger partial charge in [0.2, 0.25) is 0 Å². The van der Waals surface area contributed by atoms with Crippen molar-refractivity contribution >= 4 is 56.3 Å². The Morgan fingerprint density at radius 2 is 1.74 bits per heavy atom. The standard InChI is InChI=1S/C20H12Cl2N2O2S/c21-12-7-11(8-13(22)9-12)19(26)23-14-5-6-17(25)15(10-14)20-24-16-3-1-2-4-18(16)27-20/h1-10,25H,(H,23,26). The summed E-state index contributed by atoms with van der Waals surface area (Å²) >= 11 is 13.4. The quantitative estimate of drug-likeness (QED) is 0.390. The van der Waals surface area contributed by atoms with Crippen LogP contribution in [0.25, 0.3) is 20.8 Å². The van der Waals surface area contributed by atoms with Gasteiger partial charge in [-0.15, -0.1) is 11.3 Å². The second-order valence-electron chi connectivity index (χ2n) is 5.83. The minimum Gasteiger partial charge on any atom is -0.507 e. The molecule has 4 rings (SSSR count). The number of anilines is 1. The van der Waals surface area contributed by atoms with E-state index in [1.54, 1.807) is 18.2 Å². The summed E-state index contributed by atoms with van der Waals surface area (Å²) in [5.74, 6) is -0.252. The third-order valence-corrected chi connectivity index (χ3v) is 5.41. The Labute approximate surface area is 169 Å². The molecule has 0 bridgehead atoms. The van der Waals surface area contributed by atoms with Crippen LogP contribution in [-0.2, 0) is 0 Å². The van der Waals surface area contributed by atoms with Crippen molar-refractivity contribution in [2.45, 2.75) is 0 Å². The van der Waals surface area contributed by atoms with Crippen molar-refractivity contribution < 1.29 is 9.90 Å². The number of aromatic nitrogens is 1. The molecule has 3 aromatic carbocycles. The number of benzene rings is 3. The van der Waals surface area contributed by atoms with Crippen LogP contribution < -0.4 is 5.32 Å². The number of rotatable bonds is 3. The van der Waals surface area contributed by atoms with Crippen LogP contribution in [0.5, 0.6) is 5.75 Å². The molecular weight excluding hydrogens is 403 g/mol. The molecule has 4 nitrogen and oxygen atoms in total. The van der Waals surface area contributed by atoms with Gasteiger partial charge in [-0.2, -0.15) is 0 Å². The summed E-state index contributed by atoms with van der Waals surface area (Å²) in [7, 11) is 0. The van der Waals surface area contributed by atoms with Crippen molar-refractivity contribution in [2.75, 3.05) is 5.32 Å². The number of fused-ring (bicyclic) bond motifs is 1. The summed E-state index contributed by atoms with van der Waals surface area (Å²) in [6.45, 7) is 0. The second-order valence-corrected chi connectivity index (χ2v) is 7.73. The van der Waals surface area contributed by atoms with Crippen LogP contribution >= 0.6 is 34.5 Å². The first kappa shape index (κ1) is 17.8. The third-order valence-electron chi connectivity index (χ3n) is 3.90. The number of hydrogen-bond donors (Lipinski definition) is 2. The number of para-hydroxylation sites is 1. The minimum absolute atomic E-state index is 0.0952. The molecule has 0 atom stereocenters. The molecule has 0 saturated heterocycles. The summed E-state index contributed by atoms with van der Waals surface area (Å²) in [4.78, 5) is 17.0. The molecule has 0 unspecified atom stereocenters. The molecule has 7 heteroatoms. The zero-order valence-corrected chi connectivity index (χ0v) is 16.1. The molecule has 2 N–H and O–H groups in total. The minimum atomic E-state index is -0.347. The molecule has 0 aliphatic heterocycles. The molecule has 0 aliphatic carbocycles. The molecule has 0 radical (unpaired) electrons. The van der Waals surface area contributed by atoms with E-state index in [1.165, 1.54) is 29.5 Å². The van der Waals surface area contributed by atoms with Gasteiger partial charge in [0.1, 0.15) is 10.8 Å². The lowest BCUT2D eigenvalue weighted by Crippen LogP contribution is -2.11. The predicted molar refractivity (Wildman–Crippen MR) is 111 cm³/mol. The van der Waals surface area contributed by atoms with E-state index in [4.69, 9.17) is 23.2 Å². The molecule has 1 aromatic heterocycles. The first-order valence-electron chi connectivity index (χ1n) is 7.96. The van der Waals surface area contributed by atoms with E-state index in [0.717, 1.165) is 10.2 Å². The number of aromatic hydroxyl groups is 1. The lowest BCUT2D eigenvalue weighted by Gasteiger charge is -2.09. The Kier molecular flexibility index (Phi) is 4.74. The highest BCUT2D eigenvalue weighted by Crippen LogP contribution is 2.36. The lowest BCUT2D eigenvalue weighted by atomic mass is 10.1. The van der Waals surface area contributed by atoms with Crippen LogP contribution in [0.2, 0.25) is 10.0 Å².